The Hall–Kier alpha value is -2.29. The number of benzene rings is 2. The summed E-state index contributed by atoms with van der Waals surface area (Å²) in [5.74, 6) is 0.898. The fourth-order valence-corrected chi connectivity index (χ4v) is 2.89. The molecule has 0 saturated heterocycles. The summed E-state index contributed by atoms with van der Waals surface area (Å²) in [6.45, 7) is 4.40. The Kier molecular flexibility index (Phi) is 1.89. The quantitative estimate of drug-likeness (QED) is 0.604. The molecule has 0 spiro atoms. The van der Waals surface area contributed by atoms with E-state index < -0.39 is 0 Å². The monoisotopic (exact) mass is 250 g/mol. The molecule has 4 rings (SSSR count). The summed E-state index contributed by atoms with van der Waals surface area (Å²) in [4.78, 5) is 4.59. The summed E-state index contributed by atoms with van der Waals surface area (Å²) in [5, 5.41) is 0. The summed E-state index contributed by atoms with van der Waals surface area (Å²) in [7, 11) is 0. The molecule has 0 unspecified atom stereocenters. The third-order valence-corrected chi connectivity index (χ3v) is 3.84. The highest BCUT2D eigenvalue weighted by molar-refractivity contribution is 5.78. The first-order valence-corrected chi connectivity index (χ1v) is 6.43. The zero-order valence-corrected chi connectivity index (χ0v) is 10.9. The van der Waals surface area contributed by atoms with Gasteiger partial charge in [-0.25, -0.2) is 0 Å². The molecule has 0 saturated carbocycles. The Labute approximate surface area is 111 Å². The molecule has 3 aromatic rings. The molecule has 1 aliphatic rings. The van der Waals surface area contributed by atoms with Crippen LogP contribution in [0, 0.1) is 0 Å². The Morgan fingerprint density at radius 1 is 1.00 bits per heavy atom. The predicted octanol–water partition coefficient (Wildman–Crippen LogP) is 3.93. The highest BCUT2D eigenvalue weighted by Crippen LogP contribution is 2.44. The molecule has 2 heterocycles. The minimum absolute atomic E-state index is 0.166. The molecule has 1 aliphatic heterocycles. The Morgan fingerprint density at radius 3 is 2.63 bits per heavy atom. The number of para-hydroxylation sites is 3. The van der Waals surface area contributed by atoms with Crippen molar-refractivity contribution in [1.29, 1.82) is 0 Å². The number of rotatable bonds is 0. The molecule has 0 atom stereocenters. The van der Waals surface area contributed by atoms with Crippen molar-refractivity contribution in [2.45, 2.75) is 19.4 Å². The average molecular weight is 250 g/mol. The molecule has 0 fully saturated rings. The number of imidazole rings is 1. The first-order chi connectivity index (χ1) is 9.18. The first-order valence-electron chi connectivity index (χ1n) is 6.43. The van der Waals surface area contributed by atoms with Crippen molar-refractivity contribution in [2.75, 3.05) is 0 Å². The first kappa shape index (κ1) is 10.6. The molecule has 3 heteroatoms. The van der Waals surface area contributed by atoms with Crippen molar-refractivity contribution in [3.05, 3.63) is 54.1 Å². The topological polar surface area (TPSA) is 27.1 Å². The van der Waals surface area contributed by atoms with Crippen LogP contribution in [0.4, 0.5) is 0 Å². The number of fused-ring (bicyclic) bond motifs is 4. The lowest BCUT2D eigenvalue weighted by atomic mass is 9.92. The Bertz CT molecular complexity index is 786. The summed E-state index contributed by atoms with van der Waals surface area (Å²) >= 11 is 0. The van der Waals surface area contributed by atoms with E-state index in [1.807, 2.05) is 36.4 Å². The van der Waals surface area contributed by atoms with Gasteiger partial charge >= 0.3 is 6.01 Å². The van der Waals surface area contributed by atoms with Crippen LogP contribution in [0.25, 0.3) is 11.0 Å². The standard InChI is InChI=1S/C16H14N2O/c1-16(2)11-7-3-6-10-14(11)19-15-17-12-8-4-5-9-13(12)18(15)16/h3-10H,1-2H3. The van der Waals surface area contributed by atoms with Crippen LogP contribution in [0.2, 0.25) is 0 Å². The van der Waals surface area contributed by atoms with Crippen molar-refractivity contribution in [2.24, 2.45) is 0 Å². The van der Waals surface area contributed by atoms with Gasteiger partial charge in [0.2, 0.25) is 0 Å². The van der Waals surface area contributed by atoms with Crippen molar-refractivity contribution in [1.82, 2.24) is 9.55 Å². The van der Waals surface area contributed by atoms with E-state index in [1.54, 1.807) is 0 Å². The molecule has 0 N–H and O–H groups in total. The SMILES string of the molecule is CC1(C)c2ccccc2Oc2nc3ccccc3n21. The fraction of sp³-hybridized carbons (Fsp3) is 0.188. The summed E-state index contributed by atoms with van der Waals surface area (Å²) in [6, 6.07) is 17.0. The van der Waals surface area contributed by atoms with Gasteiger partial charge in [0, 0.05) is 5.56 Å². The average Bonchev–Trinajstić information content (AvgIpc) is 2.77. The third kappa shape index (κ3) is 1.30. The maximum atomic E-state index is 5.95. The lowest BCUT2D eigenvalue weighted by Crippen LogP contribution is -2.31. The largest absolute Gasteiger partial charge is 0.425 e. The summed E-state index contributed by atoms with van der Waals surface area (Å²) in [6.07, 6.45) is 0. The van der Waals surface area contributed by atoms with Crippen LogP contribution in [0.15, 0.2) is 48.5 Å². The Morgan fingerprint density at radius 2 is 1.74 bits per heavy atom. The second-order valence-corrected chi connectivity index (χ2v) is 5.38. The van der Waals surface area contributed by atoms with E-state index in [1.165, 1.54) is 5.56 Å². The molecule has 19 heavy (non-hydrogen) atoms. The van der Waals surface area contributed by atoms with E-state index >= 15 is 0 Å². The smallest absolute Gasteiger partial charge is 0.303 e. The number of hydrogen-bond acceptors (Lipinski definition) is 2. The zero-order chi connectivity index (χ0) is 13.0. The van der Waals surface area contributed by atoms with Crippen LogP contribution in [-0.2, 0) is 5.54 Å². The van der Waals surface area contributed by atoms with Crippen LogP contribution in [0.5, 0.6) is 11.8 Å². The van der Waals surface area contributed by atoms with E-state index in [0.717, 1.165) is 16.8 Å². The molecule has 0 bridgehead atoms. The van der Waals surface area contributed by atoms with Crippen molar-refractivity contribution < 1.29 is 4.74 Å². The summed E-state index contributed by atoms with van der Waals surface area (Å²) < 4.78 is 8.12. The van der Waals surface area contributed by atoms with Gasteiger partial charge in [-0.3, -0.25) is 4.57 Å². The van der Waals surface area contributed by atoms with Gasteiger partial charge < -0.3 is 4.74 Å². The van der Waals surface area contributed by atoms with Crippen LogP contribution < -0.4 is 4.74 Å². The third-order valence-electron chi connectivity index (χ3n) is 3.84. The molecular weight excluding hydrogens is 236 g/mol. The lowest BCUT2D eigenvalue weighted by molar-refractivity contribution is 0.306. The van der Waals surface area contributed by atoms with Crippen LogP contribution >= 0.6 is 0 Å². The highest BCUT2D eigenvalue weighted by atomic mass is 16.5. The molecule has 0 aliphatic carbocycles. The second kappa shape index (κ2) is 3.38. The maximum Gasteiger partial charge on any atom is 0.303 e. The van der Waals surface area contributed by atoms with Crippen molar-refractivity contribution in [3.8, 4) is 11.8 Å². The predicted molar refractivity (Wildman–Crippen MR) is 74.7 cm³/mol. The van der Waals surface area contributed by atoms with Gasteiger partial charge in [0.25, 0.3) is 0 Å². The lowest BCUT2D eigenvalue weighted by Gasteiger charge is -2.34. The minimum atomic E-state index is -0.166. The van der Waals surface area contributed by atoms with Crippen molar-refractivity contribution in [3.63, 3.8) is 0 Å². The van der Waals surface area contributed by atoms with E-state index in [-0.39, 0.29) is 5.54 Å². The van der Waals surface area contributed by atoms with Gasteiger partial charge in [0.1, 0.15) is 5.75 Å². The van der Waals surface area contributed by atoms with Gasteiger partial charge in [-0.2, -0.15) is 4.98 Å². The van der Waals surface area contributed by atoms with Crippen LogP contribution in [0.3, 0.4) is 0 Å². The normalized spacial score (nSPS) is 15.7. The molecule has 3 nitrogen and oxygen atoms in total. The van der Waals surface area contributed by atoms with E-state index in [9.17, 15) is 0 Å². The van der Waals surface area contributed by atoms with Crippen molar-refractivity contribution >= 4 is 11.0 Å². The fourth-order valence-electron chi connectivity index (χ4n) is 2.89. The van der Waals surface area contributed by atoms with E-state index in [0.29, 0.717) is 6.01 Å². The minimum Gasteiger partial charge on any atom is -0.425 e. The molecular formula is C16H14N2O. The molecule has 0 radical (unpaired) electrons. The maximum absolute atomic E-state index is 5.95. The van der Waals surface area contributed by atoms with Crippen LogP contribution in [-0.4, -0.2) is 9.55 Å². The van der Waals surface area contributed by atoms with Gasteiger partial charge in [-0.1, -0.05) is 30.3 Å². The number of nitrogens with zero attached hydrogens (tertiary/aromatic N) is 2. The van der Waals surface area contributed by atoms with Gasteiger partial charge in [0.05, 0.1) is 16.6 Å². The zero-order valence-electron chi connectivity index (χ0n) is 10.9. The highest BCUT2D eigenvalue weighted by Gasteiger charge is 2.35. The molecule has 94 valence electrons. The van der Waals surface area contributed by atoms with Gasteiger partial charge in [-0.05, 0) is 32.0 Å². The van der Waals surface area contributed by atoms with E-state index in [2.05, 4.69) is 35.5 Å². The Balaban J connectivity index is 2.09. The molecule has 2 aromatic carbocycles. The molecule has 0 amide bonds. The van der Waals surface area contributed by atoms with E-state index in [4.69, 9.17) is 4.74 Å². The number of ether oxygens (including phenoxy) is 1. The number of aromatic nitrogens is 2. The molecule has 1 aromatic heterocycles. The van der Waals surface area contributed by atoms with Gasteiger partial charge in [0.15, 0.2) is 0 Å². The summed E-state index contributed by atoms with van der Waals surface area (Å²) in [5.41, 5.74) is 3.10. The van der Waals surface area contributed by atoms with Crippen LogP contribution in [0.1, 0.15) is 19.4 Å². The second-order valence-electron chi connectivity index (χ2n) is 5.38. The number of hydrogen-bond donors (Lipinski definition) is 0. The van der Waals surface area contributed by atoms with Gasteiger partial charge in [-0.15, -0.1) is 0 Å².